The molecule has 0 aromatic heterocycles. The number of rotatable bonds is 7. The van der Waals surface area contributed by atoms with E-state index in [1.54, 1.807) is 0 Å². The number of nitrogens with one attached hydrogen (secondary N) is 1. The van der Waals surface area contributed by atoms with Crippen LogP contribution in [-0.4, -0.2) is 37.6 Å². The largest absolute Gasteiger partial charge is 0.508 e. The summed E-state index contributed by atoms with van der Waals surface area (Å²) >= 11 is 0. The lowest BCUT2D eigenvalue weighted by Crippen LogP contribution is -2.35. The molecule has 0 aliphatic carbocycles. The van der Waals surface area contributed by atoms with Gasteiger partial charge in [0.05, 0.1) is 11.0 Å². The number of benzene rings is 2. The number of phenolic OH excluding ortho intramolecular Hbond substituents is 1. The second kappa shape index (κ2) is 9.15. The minimum atomic E-state index is -5.44. The van der Waals surface area contributed by atoms with E-state index in [2.05, 4.69) is 4.72 Å². The van der Waals surface area contributed by atoms with Crippen molar-refractivity contribution in [3.8, 4) is 5.75 Å². The maximum absolute atomic E-state index is 13.3. The molecule has 0 saturated carbocycles. The van der Waals surface area contributed by atoms with E-state index in [1.807, 2.05) is 0 Å². The molecule has 0 aliphatic rings. The molecule has 0 bridgehead atoms. The van der Waals surface area contributed by atoms with Crippen LogP contribution in [0.4, 0.5) is 23.2 Å². The molecular weight excluding hydrogens is 458 g/mol. The van der Waals surface area contributed by atoms with Crippen molar-refractivity contribution in [1.29, 1.82) is 0 Å². The molecule has 2 aromatic carbocycles. The second-order valence-electron chi connectivity index (χ2n) is 7.07. The van der Waals surface area contributed by atoms with Crippen LogP contribution < -0.4 is 4.72 Å². The Morgan fingerprint density at radius 2 is 1.72 bits per heavy atom. The maximum Gasteiger partial charge on any atom is 0.451 e. The second-order valence-corrected chi connectivity index (χ2v) is 8.72. The molecule has 1 atom stereocenters. The zero-order valence-corrected chi connectivity index (χ0v) is 17.8. The lowest BCUT2D eigenvalue weighted by molar-refractivity contribution is -0.178. The number of carbonyl (C=O) groups excluding carboxylic acids is 2. The molecule has 0 saturated heterocycles. The van der Waals surface area contributed by atoms with Crippen LogP contribution in [0.5, 0.6) is 5.75 Å². The van der Waals surface area contributed by atoms with Crippen LogP contribution in [0.25, 0.3) is 0 Å². The summed E-state index contributed by atoms with van der Waals surface area (Å²) in [6.07, 6.45) is -6.30. The summed E-state index contributed by atoms with van der Waals surface area (Å²) in [7, 11) is -4.33. The number of ketones is 1. The zero-order chi connectivity index (χ0) is 24.4. The first-order valence-corrected chi connectivity index (χ1v) is 10.5. The van der Waals surface area contributed by atoms with Gasteiger partial charge in [-0.05, 0) is 62.7 Å². The average Bonchev–Trinajstić information content (AvgIpc) is 2.62. The van der Waals surface area contributed by atoms with Gasteiger partial charge in [-0.2, -0.15) is 13.2 Å². The molecule has 0 radical (unpaired) electrons. The smallest absolute Gasteiger partial charge is 0.451 e. The Morgan fingerprint density at radius 1 is 1.09 bits per heavy atom. The number of esters is 1. The van der Waals surface area contributed by atoms with Crippen LogP contribution >= 0.6 is 0 Å². The van der Waals surface area contributed by atoms with Gasteiger partial charge in [0.2, 0.25) is 0 Å². The maximum atomic E-state index is 13.3. The van der Waals surface area contributed by atoms with Gasteiger partial charge in [0, 0.05) is 11.3 Å². The highest BCUT2D eigenvalue weighted by atomic mass is 32.2. The monoisotopic (exact) mass is 477 g/mol. The number of aromatic hydroxyl groups is 1. The number of alkyl halides is 3. The van der Waals surface area contributed by atoms with Gasteiger partial charge in [-0.15, -0.1) is 0 Å². The lowest BCUT2D eigenvalue weighted by atomic mass is 9.93. The third-order valence-corrected chi connectivity index (χ3v) is 5.69. The van der Waals surface area contributed by atoms with E-state index in [0.717, 1.165) is 36.4 Å². The van der Waals surface area contributed by atoms with Crippen molar-refractivity contribution in [3.05, 3.63) is 53.3 Å². The van der Waals surface area contributed by atoms with E-state index < -0.39 is 57.1 Å². The minimum absolute atomic E-state index is 0.0575. The number of sulfonamides is 1. The predicted octanol–water partition coefficient (Wildman–Crippen LogP) is 3.81. The van der Waals surface area contributed by atoms with Crippen LogP contribution in [-0.2, 0) is 24.3 Å². The number of halogens is 4. The van der Waals surface area contributed by atoms with Crippen LogP contribution in [0.1, 0.15) is 30.9 Å². The molecule has 2 aromatic rings. The van der Waals surface area contributed by atoms with Crippen LogP contribution in [0, 0.1) is 12.7 Å². The Hall–Kier alpha value is -3.15. The van der Waals surface area contributed by atoms with Crippen molar-refractivity contribution in [3.63, 3.8) is 0 Å². The standard InChI is InChI=1S/C20H19F4NO6S/c1-10(2)31-19(28)17(18(27)20(22,23)24)14-9-13(5-6-15(14)26)25-32(29,30)16-7-4-12(21)8-11(16)3/h4-10,17,25-26H,1-3H3/t17-/m0/s1. The highest BCUT2D eigenvalue weighted by Crippen LogP contribution is 2.36. The van der Waals surface area contributed by atoms with Gasteiger partial charge in [-0.1, -0.05) is 0 Å². The highest BCUT2D eigenvalue weighted by Gasteiger charge is 2.48. The first-order valence-electron chi connectivity index (χ1n) is 9.07. The van der Waals surface area contributed by atoms with Gasteiger partial charge in [0.15, 0.2) is 5.92 Å². The van der Waals surface area contributed by atoms with Gasteiger partial charge < -0.3 is 9.84 Å². The summed E-state index contributed by atoms with van der Waals surface area (Å²) in [6, 6.07) is 5.43. The van der Waals surface area contributed by atoms with Gasteiger partial charge in [0.25, 0.3) is 15.8 Å². The summed E-state index contributed by atoms with van der Waals surface area (Å²) in [5.41, 5.74) is -1.09. The van der Waals surface area contributed by atoms with E-state index in [1.165, 1.54) is 20.8 Å². The molecule has 2 rings (SSSR count). The first-order chi connectivity index (χ1) is 14.6. The Labute approximate surface area is 181 Å². The minimum Gasteiger partial charge on any atom is -0.508 e. The van der Waals surface area contributed by atoms with E-state index in [0.29, 0.717) is 0 Å². The van der Waals surface area contributed by atoms with Gasteiger partial charge >= 0.3 is 12.1 Å². The number of phenols is 1. The van der Waals surface area contributed by atoms with Crippen molar-refractivity contribution < 1.29 is 45.4 Å². The van der Waals surface area contributed by atoms with Gasteiger partial charge in [0.1, 0.15) is 11.6 Å². The van der Waals surface area contributed by atoms with Gasteiger partial charge in [-0.3, -0.25) is 14.3 Å². The number of aryl methyl sites for hydroxylation is 1. The van der Waals surface area contributed by atoms with Crippen molar-refractivity contribution in [1.82, 2.24) is 0 Å². The molecule has 7 nitrogen and oxygen atoms in total. The molecule has 0 unspecified atom stereocenters. The fraction of sp³-hybridized carbons (Fsp3) is 0.300. The lowest BCUT2D eigenvalue weighted by Gasteiger charge is -2.20. The third kappa shape index (κ3) is 5.75. The van der Waals surface area contributed by atoms with Crippen molar-refractivity contribution >= 4 is 27.5 Å². The number of Topliss-reactive ketones (excluding diaryl/α,β-unsaturated/α-hetero) is 1. The summed E-state index contributed by atoms with van der Waals surface area (Å²) in [5, 5.41) is 10.0. The quantitative estimate of drug-likeness (QED) is 0.272. The molecule has 0 aliphatic heterocycles. The highest BCUT2D eigenvalue weighted by molar-refractivity contribution is 7.92. The van der Waals surface area contributed by atoms with E-state index in [9.17, 15) is 40.7 Å². The topological polar surface area (TPSA) is 110 Å². The molecule has 0 heterocycles. The van der Waals surface area contributed by atoms with Crippen molar-refractivity contribution in [2.75, 3.05) is 4.72 Å². The molecule has 12 heteroatoms. The van der Waals surface area contributed by atoms with E-state index >= 15 is 0 Å². The third-order valence-electron chi connectivity index (χ3n) is 4.15. The van der Waals surface area contributed by atoms with Crippen molar-refractivity contribution in [2.24, 2.45) is 0 Å². The Kier molecular flexibility index (Phi) is 7.18. The van der Waals surface area contributed by atoms with Crippen LogP contribution in [0.3, 0.4) is 0 Å². The van der Waals surface area contributed by atoms with Gasteiger partial charge in [-0.25, -0.2) is 12.8 Å². The predicted molar refractivity (Wildman–Crippen MR) is 105 cm³/mol. The Morgan fingerprint density at radius 3 is 2.25 bits per heavy atom. The molecular formula is C20H19F4NO6S. The number of hydrogen-bond acceptors (Lipinski definition) is 6. The molecule has 0 spiro atoms. The number of anilines is 1. The van der Waals surface area contributed by atoms with Crippen LogP contribution in [0.15, 0.2) is 41.3 Å². The normalized spacial score (nSPS) is 13.0. The Bertz CT molecular complexity index is 1150. The average molecular weight is 477 g/mol. The molecule has 0 fully saturated rings. The molecule has 0 amide bonds. The molecule has 174 valence electrons. The van der Waals surface area contributed by atoms with Crippen molar-refractivity contribution in [2.45, 2.75) is 43.9 Å². The Balaban J connectivity index is 2.53. The number of ether oxygens (including phenoxy) is 1. The SMILES string of the molecule is Cc1cc(F)ccc1S(=O)(=O)Nc1ccc(O)c([C@H](C(=O)OC(C)C)C(=O)C(F)(F)F)c1. The zero-order valence-electron chi connectivity index (χ0n) is 17.0. The molecule has 2 N–H and O–H groups in total. The number of hydrogen-bond donors (Lipinski definition) is 2. The number of carbonyl (C=O) groups is 2. The fourth-order valence-electron chi connectivity index (χ4n) is 2.81. The van der Waals surface area contributed by atoms with E-state index in [-0.39, 0.29) is 16.1 Å². The first kappa shape index (κ1) is 25.1. The summed E-state index contributed by atoms with van der Waals surface area (Å²) in [6.45, 7) is 4.03. The summed E-state index contributed by atoms with van der Waals surface area (Å²) in [5.74, 6) is -8.16. The summed E-state index contributed by atoms with van der Waals surface area (Å²) in [4.78, 5) is 23.9. The van der Waals surface area contributed by atoms with Crippen LogP contribution in [0.2, 0.25) is 0 Å². The molecule has 32 heavy (non-hydrogen) atoms. The fourth-order valence-corrected chi connectivity index (χ4v) is 4.09. The van der Waals surface area contributed by atoms with E-state index in [4.69, 9.17) is 4.74 Å². The summed E-state index contributed by atoms with van der Waals surface area (Å²) < 4.78 is 84.7.